The minimum absolute atomic E-state index is 0.210. The molecule has 3 aromatic heterocycles. The Kier molecular flexibility index (Phi) is 2.55. The average molecular weight is 258 g/mol. The Morgan fingerprint density at radius 3 is 2.95 bits per heavy atom. The Balaban J connectivity index is 1.89. The van der Waals surface area contributed by atoms with Crippen LogP contribution in [0.2, 0.25) is 0 Å². The molecule has 0 saturated carbocycles. The summed E-state index contributed by atoms with van der Waals surface area (Å²) in [6.07, 6.45) is 3.51. The molecule has 0 saturated heterocycles. The van der Waals surface area contributed by atoms with Gasteiger partial charge in [0.2, 0.25) is 5.95 Å². The number of aromatic nitrogens is 6. The van der Waals surface area contributed by atoms with Gasteiger partial charge in [-0.05, 0) is 6.92 Å². The van der Waals surface area contributed by atoms with E-state index in [0.29, 0.717) is 18.0 Å². The summed E-state index contributed by atoms with van der Waals surface area (Å²) in [6.45, 7) is 2.64. The first-order chi connectivity index (χ1) is 9.15. The molecule has 98 valence electrons. The summed E-state index contributed by atoms with van der Waals surface area (Å²) in [5.41, 5.74) is 8.50. The van der Waals surface area contributed by atoms with Gasteiger partial charge in [0.25, 0.3) is 0 Å². The van der Waals surface area contributed by atoms with Crippen LogP contribution >= 0.6 is 0 Å². The Bertz CT molecular complexity index is 725. The highest BCUT2D eigenvalue weighted by molar-refractivity contribution is 5.86. The molecule has 0 spiro atoms. The highest BCUT2D eigenvalue weighted by Crippen LogP contribution is 2.19. The van der Waals surface area contributed by atoms with E-state index in [9.17, 15) is 0 Å². The van der Waals surface area contributed by atoms with Crippen LogP contribution in [0.15, 0.2) is 12.4 Å². The first-order valence-electron chi connectivity index (χ1n) is 5.83. The Morgan fingerprint density at radius 1 is 1.37 bits per heavy atom. The van der Waals surface area contributed by atoms with Crippen LogP contribution in [-0.2, 0) is 13.6 Å². The number of fused-ring (bicyclic) bond motifs is 1. The van der Waals surface area contributed by atoms with Crippen molar-refractivity contribution in [1.82, 2.24) is 29.9 Å². The van der Waals surface area contributed by atoms with E-state index in [1.54, 1.807) is 6.20 Å². The van der Waals surface area contributed by atoms with Gasteiger partial charge in [-0.2, -0.15) is 20.2 Å². The zero-order valence-corrected chi connectivity index (χ0v) is 10.7. The fourth-order valence-corrected chi connectivity index (χ4v) is 1.88. The zero-order valence-electron chi connectivity index (χ0n) is 10.7. The van der Waals surface area contributed by atoms with Crippen LogP contribution < -0.4 is 11.1 Å². The third-order valence-electron chi connectivity index (χ3n) is 3.11. The molecule has 3 heterocycles. The number of aryl methyl sites for hydroxylation is 1. The van der Waals surface area contributed by atoms with Crippen molar-refractivity contribution in [2.45, 2.75) is 13.5 Å². The lowest BCUT2D eigenvalue weighted by molar-refractivity contribution is 0.738. The SMILES string of the molecule is Cc1c(CNc2nc(N)nc3[nH]ncc23)cnn1C. The molecular weight excluding hydrogens is 244 g/mol. The molecule has 8 nitrogen and oxygen atoms in total. The van der Waals surface area contributed by atoms with E-state index >= 15 is 0 Å². The lowest BCUT2D eigenvalue weighted by Gasteiger charge is -2.06. The summed E-state index contributed by atoms with van der Waals surface area (Å²) >= 11 is 0. The van der Waals surface area contributed by atoms with Gasteiger partial charge in [-0.3, -0.25) is 9.78 Å². The predicted octanol–water partition coefficient (Wildman–Crippen LogP) is 0.589. The van der Waals surface area contributed by atoms with Crippen molar-refractivity contribution in [1.29, 1.82) is 0 Å². The molecule has 8 heteroatoms. The van der Waals surface area contributed by atoms with Crippen LogP contribution in [0.4, 0.5) is 11.8 Å². The maximum Gasteiger partial charge on any atom is 0.224 e. The van der Waals surface area contributed by atoms with Gasteiger partial charge in [0.15, 0.2) is 5.65 Å². The minimum atomic E-state index is 0.210. The van der Waals surface area contributed by atoms with Crippen molar-refractivity contribution in [2.75, 3.05) is 11.1 Å². The number of aromatic amines is 1. The molecule has 0 aliphatic carbocycles. The van der Waals surface area contributed by atoms with Crippen molar-refractivity contribution >= 4 is 22.8 Å². The quantitative estimate of drug-likeness (QED) is 0.634. The normalized spacial score (nSPS) is 11.1. The molecule has 0 aliphatic heterocycles. The molecule has 19 heavy (non-hydrogen) atoms. The molecule has 0 unspecified atom stereocenters. The van der Waals surface area contributed by atoms with Crippen molar-refractivity contribution < 1.29 is 0 Å². The van der Waals surface area contributed by atoms with Gasteiger partial charge in [-0.25, -0.2) is 0 Å². The van der Waals surface area contributed by atoms with E-state index in [4.69, 9.17) is 5.73 Å². The van der Waals surface area contributed by atoms with Gasteiger partial charge in [-0.1, -0.05) is 0 Å². The number of H-pyrrole nitrogens is 1. The first-order valence-corrected chi connectivity index (χ1v) is 5.83. The molecule has 0 aliphatic rings. The number of anilines is 2. The number of nitrogen functional groups attached to an aromatic ring is 1. The highest BCUT2D eigenvalue weighted by Gasteiger charge is 2.09. The van der Waals surface area contributed by atoms with Crippen molar-refractivity contribution in [3.63, 3.8) is 0 Å². The summed E-state index contributed by atoms with van der Waals surface area (Å²) in [5.74, 6) is 0.877. The van der Waals surface area contributed by atoms with E-state index < -0.39 is 0 Å². The fourth-order valence-electron chi connectivity index (χ4n) is 1.88. The van der Waals surface area contributed by atoms with Gasteiger partial charge < -0.3 is 11.1 Å². The molecule has 0 atom stereocenters. The maximum absolute atomic E-state index is 5.66. The van der Waals surface area contributed by atoms with Crippen LogP contribution in [0.5, 0.6) is 0 Å². The molecule has 3 aromatic rings. The average Bonchev–Trinajstić information content (AvgIpc) is 2.96. The highest BCUT2D eigenvalue weighted by atomic mass is 15.3. The van der Waals surface area contributed by atoms with Gasteiger partial charge in [0.05, 0.1) is 17.8 Å². The largest absolute Gasteiger partial charge is 0.368 e. The second-order valence-corrected chi connectivity index (χ2v) is 4.30. The first kappa shape index (κ1) is 11.5. The number of hydrogen-bond acceptors (Lipinski definition) is 6. The van der Waals surface area contributed by atoms with Crippen LogP contribution in [0.3, 0.4) is 0 Å². The predicted molar refractivity (Wildman–Crippen MR) is 71.4 cm³/mol. The minimum Gasteiger partial charge on any atom is -0.368 e. The number of nitrogens with one attached hydrogen (secondary N) is 2. The molecule has 0 bridgehead atoms. The fraction of sp³-hybridized carbons (Fsp3) is 0.273. The lowest BCUT2D eigenvalue weighted by Crippen LogP contribution is -2.05. The smallest absolute Gasteiger partial charge is 0.224 e. The molecule has 3 rings (SSSR count). The number of hydrogen-bond donors (Lipinski definition) is 3. The van der Waals surface area contributed by atoms with Gasteiger partial charge in [-0.15, -0.1) is 0 Å². The van der Waals surface area contributed by atoms with Crippen LogP contribution in [0, 0.1) is 6.92 Å². The molecule has 0 fully saturated rings. The Labute approximate surface area is 109 Å². The van der Waals surface area contributed by atoms with Gasteiger partial charge in [0, 0.05) is 24.8 Å². The molecule has 0 amide bonds. The lowest BCUT2D eigenvalue weighted by atomic mass is 10.2. The van der Waals surface area contributed by atoms with Crippen LogP contribution in [0.25, 0.3) is 11.0 Å². The third-order valence-corrected chi connectivity index (χ3v) is 3.11. The summed E-state index contributed by atoms with van der Waals surface area (Å²) in [5, 5.41) is 15.0. The summed E-state index contributed by atoms with van der Waals surface area (Å²) in [7, 11) is 1.91. The second-order valence-electron chi connectivity index (χ2n) is 4.30. The van der Waals surface area contributed by atoms with Crippen molar-refractivity contribution in [2.24, 2.45) is 7.05 Å². The molecule has 0 aromatic carbocycles. The molecule has 4 N–H and O–H groups in total. The van der Waals surface area contributed by atoms with Crippen molar-refractivity contribution in [3.05, 3.63) is 23.7 Å². The van der Waals surface area contributed by atoms with Crippen molar-refractivity contribution in [3.8, 4) is 0 Å². The van der Waals surface area contributed by atoms with E-state index in [2.05, 4.69) is 30.6 Å². The van der Waals surface area contributed by atoms with E-state index in [-0.39, 0.29) is 5.95 Å². The maximum atomic E-state index is 5.66. The molecule has 0 radical (unpaired) electrons. The Morgan fingerprint density at radius 2 is 2.21 bits per heavy atom. The van der Waals surface area contributed by atoms with Crippen LogP contribution in [-0.4, -0.2) is 29.9 Å². The third kappa shape index (κ3) is 1.96. The number of rotatable bonds is 3. The standard InChI is InChI=1S/C11H14N8/c1-6-7(4-15-19(6)2)3-13-9-8-5-14-18-10(8)17-11(12)16-9/h4-5H,3H2,1-2H3,(H4,12,13,14,16,17,18). The molecular formula is C11H14N8. The second kappa shape index (κ2) is 4.23. The van der Waals surface area contributed by atoms with E-state index in [0.717, 1.165) is 16.6 Å². The van der Waals surface area contributed by atoms with E-state index in [1.807, 2.05) is 24.9 Å². The van der Waals surface area contributed by atoms with E-state index in [1.165, 1.54) is 0 Å². The Hall–Kier alpha value is -2.64. The monoisotopic (exact) mass is 258 g/mol. The summed E-state index contributed by atoms with van der Waals surface area (Å²) in [6, 6.07) is 0. The topological polar surface area (TPSA) is 110 Å². The number of nitrogens with zero attached hydrogens (tertiary/aromatic N) is 5. The van der Waals surface area contributed by atoms with Crippen LogP contribution in [0.1, 0.15) is 11.3 Å². The van der Waals surface area contributed by atoms with Gasteiger partial charge in [0.1, 0.15) is 5.82 Å². The van der Waals surface area contributed by atoms with Gasteiger partial charge >= 0.3 is 0 Å². The summed E-state index contributed by atoms with van der Waals surface area (Å²) in [4.78, 5) is 8.26. The summed E-state index contributed by atoms with van der Waals surface area (Å²) < 4.78 is 1.83. The number of nitrogens with two attached hydrogens (primary N) is 1. The zero-order chi connectivity index (χ0) is 13.4.